The predicted molar refractivity (Wildman–Crippen MR) is 79.3 cm³/mol. The fraction of sp³-hybridized carbons (Fsp3) is 0.500. The predicted octanol–water partition coefficient (Wildman–Crippen LogP) is 2.59. The van der Waals surface area contributed by atoms with Crippen molar-refractivity contribution in [1.82, 2.24) is 4.90 Å². The first-order valence-corrected chi connectivity index (χ1v) is 6.81. The van der Waals surface area contributed by atoms with Crippen LogP contribution < -0.4 is 11.1 Å². The van der Waals surface area contributed by atoms with Gasteiger partial charge in [-0.1, -0.05) is 25.4 Å². The molecule has 0 aromatic heterocycles. The third-order valence-electron chi connectivity index (χ3n) is 3.39. The van der Waals surface area contributed by atoms with E-state index in [0.717, 1.165) is 19.5 Å². The number of anilines is 2. The van der Waals surface area contributed by atoms with Crippen molar-refractivity contribution < 1.29 is 4.79 Å². The molecule has 1 heterocycles. The summed E-state index contributed by atoms with van der Waals surface area (Å²) in [7, 11) is 0. The maximum Gasteiger partial charge on any atom is 0.238 e. The maximum atomic E-state index is 12.0. The number of nitrogens with one attached hydrogen (secondary N) is 1. The summed E-state index contributed by atoms with van der Waals surface area (Å²) in [6.07, 6.45) is 1.12. The van der Waals surface area contributed by atoms with Crippen LogP contribution in [0.5, 0.6) is 0 Å². The van der Waals surface area contributed by atoms with Crippen LogP contribution in [0.4, 0.5) is 11.4 Å². The molecule has 0 radical (unpaired) electrons. The fourth-order valence-electron chi connectivity index (χ4n) is 2.39. The monoisotopic (exact) mass is 281 g/mol. The molecule has 0 saturated carbocycles. The van der Waals surface area contributed by atoms with Crippen molar-refractivity contribution in [3.05, 3.63) is 23.2 Å². The van der Waals surface area contributed by atoms with E-state index < -0.39 is 0 Å². The lowest BCUT2D eigenvalue weighted by molar-refractivity contribution is -0.117. The van der Waals surface area contributed by atoms with Gasteiger partial charge in [0.1, 0.15) is 0 Å². The van der Waals surface area contributed by atoms with E-state index in [4.69, 9.17) is 17.3 Å². The molecule has 4 nitrogen and oxygen atoms in total. The molecule has 2 rings (SSSR count). The number of nitrogens with two attached hydrogens (primary N) is 1. The van der Waals surface area contributed by atoms with E-state index in [1.54, 1.807) is 18.2 Å². The molecule has 1 aliphatic heterocycles. The van der Waals surface area contributed by atoms with Gasteiger partial charge >= 0.3 is 0 Å². The van der Waals surface area contributed by atoms with E-state index in [9.17, 15) is 4.79 Å². The number of nitrogens with zero attached hydrogens (tertiary/aromatic N) is 1. The molecule has 1 aromatic carbocycles. The Morgan fingerprint density at radius 1 is 1.53 bits per heavy atom. The van der Waals surface area contributed by atoms with Gasteiger partial charge in [0.15, 0.2) is 0 Å². The summed E-state index contributed by atoms with van der Waals surface area (Å²) in [5.74, 6) is -0.0507. The highest BCUT2D eigenvalue weighted by molar-refractivity contribution is 6.33. The van der Waals surface area contributed by atoms with Crippen LogP contribution in [-0.4, -0.2) is 30.4 Å². The van der Waals surface area contributed by atoms with Gasteiger partial charge in [0.25, 0.3) is 0 Å². The van der Waals surface area contributed by atoms with Gasteiger partial charge < -0.3 is 11.1 Å². The number of benzene rings is 1. The lowest BCUT2D eigenvalue weighted by Crippen LogP contribution is -2.32. The number of hydrogen-bond acceptors (Lipinski definition) is 3. The molecule has 0 atom stereocenters. The molecule has 3 N–H and O–H groups in total. The zero-order chi connectivity index (χ0) is 14.0. The van der Waals surface area contributed by atoms with Crippen molar-refractivity contribution >= 4 is 28.9 Å². The number of carbonyl (C=O) groups is 1. The van der Waals surface area contributed by atoms with Gasteiger partial charge in [0.2, 0.25) is 5.91 Å². The normalized spacial score (nSPS) is 18.5. The second kappa shape index (κ2) is 5.39. The van der Waals surface area contributed by atoms with Gasteiger partial charge in [0, 0.05) is 12.2 Å². The third kappa shape index (κ3) is 3.85. The summed E-state index contributed by atoms with van der Waals surface area (Å²) in [5.41, 5.74) is 7.14. The van der Waals surface area contributed by atoms with Gasteiger partial charge in [-0.25, -0.2) is 0 Å². The van der Waals surface area contributed by atoms with Crippen molar-refractivity contribution in [2.24, 2.45) is 5.41 Å². The van der Waals surface area contributed by atoms with Crippen LogP contribution in [0.15, 0.2) is 18.2 Å². The van der Waals surface area contributed by atoms with Crippen LogP contribution in [0.2, 0.25) is 5.02 Å². The molecule has 104 valence electrons. The van der Waals surface area contributed by atoms with Gasteiger partial charge in [-0.3, -0.25) is 9.69 Å². The zero-order valence-corrected chi connectivity index (χ0v) is 12.1. The second-order valence-electron chi connectivity index (χ2n) is 5.91. The Balaban J connectivity index is 1.93. The van der Waals surface area contributed by atoms with E-state index in [0.29, 0.717) is 28.4 Å². The Hall–Kier alpha value is -1.26. The Morgan fingerprint density at radius 2 is 2.26 bits per heavy atom. The highest BCUT2D eigenvalue weighted by atomic mass is 35.5. The standard InChI is InChI=1S/C14H20ClN3O/c1-14(2)5-6-18(9-14)8-13(19)17-12-7-10(16)3-4-11(12)15/h3-4,7H,5-6,8-9,16H2,1-2H3,(H,17,19). The summed E-state index contributed by atoms with van der Waals surface area (Å²) in [4.78, 5) is 14.2. The number of amides is 1. The third-order valence-corrected chi connectivity index (χ3v) is 3.72. The Kier molecular flexibility index (Phi) is 4.02. The summed E-state index contributed by atoms with van der Waals surface area (Å²) < 4.78 is 0. The van der Waals surface area contributed by atoms with Gasteiger partial charge in [-0.2, -0.15) is 0 Å². The molecule has 19 heavy (non-hydrogen) atoms. The van der Waals surface area contributed by atoms with Crippen molar-refractivity contribution in [1.29, 1.82) is 0 Å². The summed E-state index contributed by atoms with van der Waals surface area (Å²) in [5, 5.41) is 3.32. The molecule has 1 amide bonds. The van der Waals surface area contributed by atoms with E-state index in [-0.39, 0.29) is 5.91 Å². The Bertz CT molecular complexity index is 488. The van der Waals surface area contributed by atoms with Crippen molar-refractivity contribution in [2.45, 2.75) is 20.3 Å². The molecule has 1 aromatic rings. The molecule has 1 saturated heterocycles. The van der Waals surface area contributed by atoms with Crippen LogP contribution in [0, 0.1) is 5.41 Å². The minimum absolute atomic E-state index is 0.0507. The molecule has 0 aliphatic carbocycles. The SMILES string of the molecule is CC1(C)CCN(CC(=O)Nc2cc(N)ccc2Cl)C1. The minimum Gasteiger partial charge on any atom is -0.399 e. The molecule has 0 unspecified atom stereocenters. The van der Waals surface area contributed by atoms with Crippen molar-refractivity contribution in [3.8, 4) is 0 Å². The highest BCUT2D eigenvalue weighted by Gasteiger charge is 2.30. The molecule has 5 heteroatoms. The minimum atomic E-state index is -0.0507. The Labute approximate surface area is 118 Å². The smallest absolute Gasteiger partial charge is 0.238 e. The molecule has 1 fully saturated rings. The number of hydrogen-bond donors (Lipinski definition) is 2. The van der Waals surface area contributed by atoms with Crippen LogP contribution >= 0.6 is 11.6 Å². The highest BCUT2D eigenvalue weighted by Crippen LogP contribution is 2.29. The van der Waals surface area contributed by atoms with E-state index >= 15 is 0 Å². The first kappa shape index (κ1) is 14.2. The first-order chi connectivity index (χ1) is 8.85. The number of halogens is 1. The average molecular weight is 282 g/mol. The summed E-state index contributed by atoms with van der Waals surface area (Å²) in [6, 6.07) is 5.07. The topological polar surface area (TPSA) is 58.4 Å². The van der Waals surface area contributed by atoms with E-state index in [2.05, 4.69) is 24.1 Å². The number of rotatable bonds is 3. The van der Waals surface area contributed by atoms with Gasteiger partial charge in [0.05, 0.1) is 17.3 Å². The average Bonchev–Trinajstić information content (AvgIpc) is 2.63. The molecular weight excluding hydrogens is 262 g/mol. The molecular formula is C14H20ClN3O. The number of nitrogen functional groups attached to an aromatic ring is 1. The zero-order valence-electron chi connectivity index (χ0n) is 11.4. The maximum absolute atomic E-state index is 12.0. The van der Waals surface area contributed by atoms with Crippen LogP contribution in [0.3, 0.4) is 0 Å². The van der Waals surface area contributed by atoms with E-state index in [1.165, 1.54) is 0 Å². The molecule has 0 spiro atoms. The first-order valence-electron chi connectivity index (χ1n) is 6.43. The van der Waals surface area contributed by atoms with Crippen molar-refractivity contribution in [3.63, 3.8) is 0 Å². The van der Waals surface area contributed by atoms with Crippen LogP contribution in [0.25, 0.3) is 0 Å². The quantitative estimate of drug-likeness (QED) is 0.837. The van der Waals surface area contributed by atoms with Gasteiger partial charge in [-0.05, 0) is 36.6 Å². The largest absolute Gasteiger partial charge is 0.399 e. The number of likely N-dealkylation sites (tertiary alicyclic amines) is 1. The molecule has 1 aliphatic rings. The van der Waals surface area contributed by atoms with Crippen LogP contribution in [-0.2, 0) is 4.79 Å². The lowest BCUT2D eigenvalue weighted by Gasteiger charge is -2.19. The Morgan fingerprint density at radius 3 is 2.89 bits per heavy atom. The van der Waals surface area contributed by atoms with Gasteiger partial charge in [-0.15, -0.1) is 0 Å². The van der Waals surface area contributed by atoms with E-state index in [1.807, 2.05) is 0 Å². The van der Waals surface area contributed by atoms with Crippen LogP contribution in [0.1, 0.15) is 20.3 Å². The number of carbonyl (C=O) groups excluding carboxylic acids is 1. The summed E-state index contributed by atoms with van der Waals surface area (Å²) >= 11 is 6.02. The summed E-state index contributed by atoms with van der Waals surface area (Å²) in [6.45, 7) is 6.75. The molecule has 0 bridgehead atoms. The fourth-order valence-corrected chi connectivity index (χ4v) is 2.56. The second-order valence-corrected chi connectivity index (χ2v) is 6.32. The van der Waals surface area contributed by atoms with Crippen molar-refractivity contribution in [2.75, 3.05) is 30.7 Å². The lowest BCUT2D eigenvalue weighted by atomic mass is 9.93.